The fraction of sp³-hybridized carbons (Fsp3) is 0.286. The number of hydrogen-bond acceptors (Lipinski definition) is 6. The third kappa shape index (κ3) is 4.24. The van der Waals surface area contributed by atoms with Crippen LogP contribution in [0.1, 0.15) is 50.8 Å². The van der Waals surface area contributed by atoms with Gasteiger partial charge in [0, 0.05) is 17.1 Å². The zero-order chi connectivity index (χ0) is 26.3. The van der Waals surface area contributed by atoms with E-state index in [1.54, 1.807) is 43.0 Å². The molecule has 0 N–H and O–H groups in total. The number of carbonyl (C=O) groups is 2. The monoisotopic (exact) mass is 535 g/mol. The quantitative estimate of drug-likeness (QED) is 0.447. The molecule has 0 saturated heterocycles. The number of esters is 1. The molecule has 190 valence electrons. The van der Waals surface area contributed by atoms with Gasteiger partial charge >= 0.3 is 5.97 Å². The van der Waals surface area contributed by atoms with Gasteiger partial charge in [-0.25, -0.2) is 9.79 Å². The lowest BCUT2D eigenvalue weighted by atomic mass is 9.96. The van der Waals surface area contributed by atoms with Crippen molar-refractivity contribution in [2.45, 2.75) is 39.7 Å². The Labute approximate surface area is 223 Å². The Kier molecular flexibility index (Phi) is 6.88. The number of amides is 1. The molecule has 3 heterocycles. The summed E-state index contributed by atoms with van der Waals surface area (Å²) in [5.41, 5.74) is 3.01. The molecule has 0 fully saturated rings. The van der Waals surface area contributed by atoms with E-state index in [1.807, 2.05) is 24.3 Å². The average molecular weight is 536 g/mol. The lowest BCUT2D eigenvalue weighted by Crippen LogP contribution is -2.41. The second kappa shape index (κ2) is 10.1. The first-order valence-corrected chi connectivity index (χ1v) is 13.5. The van der Waals surface area contributed by atoms with E-state index in [0.717, 1.165) is 24.1 Å². The number of nitrogens with zero attached hydrogens (tertiary/aromatic N) is 3. The summed E-state index contributed by atoms with van der Waals surface area (Å²) in [6, 6.07) is 13.8. The molecule has 0 saturated carbocycles. The van der Waals surface area contributed by atoms with Gasteiger partial charge in [0.2, 0.25) is 0 Å². The van der Waals surface area contributed by atoms with Crippen molar-refractivity contribution in [3.63, 3.8) is 0 Å². The molecule has 37 heavy (non-hydrogen) atoms. The molecular formula is C28H26ClN3O4S. The van der Waals surface area contributed by atoms with Crippen LogP contribution in [0.25, 0.3) is 5.57 Å². The van der Waals surface area contributed by atoms with Gasteiger partial charge in [0.25, 0.3) is 11.5 Å². The molecule has 0 radical (unpaired) electrons. The summed E-state index contributed by atoms with van der Waals surface area (Å²) >= 11 is 7.30. The Morgan fingerprint density at radius 3 is 2.54 bits per heavy atom. The Morgan fingerprint density at radius 2 is 1.84 bits per heavy atom. The number of hydrogen-bond donors (Lipinski definition) is 0. The molecule has 7 nitrogen and oxygen atoms in total. The minimum absolute atomic E-state index is 0.190. The van der Waals surface area contributed by atoms with Crippen LogP contribution in [0.2, 0.25) is 5.02 Å². The number of unbranched alkanes of at least 4 members (excludes halogenated alkanes) is 1. The van der Waals surface area contributed by atoms with Crippen molar-refractivity contribution in [3.8, 4) is 0 Å². The van der Waals surface area contributed by atoms with E-state index < -0.39 is 12.0 Å². The molecule has 3 aromatic rings. The van der Waals surface area contributed by atoms with Gasteiger partial charge in [-0.15, -0.1) is 0 Å². The summed E-state index contributed by atoms with van der Waals surface area (Å²) in [6.45, 7) is 6.31. The van der Waals surface area contributed by atoms with Gasteiger partial charge in [0.15, 0.2) is 4.80 Å². The predicted molar refractivity (Wildman–Crippen MR) is 144 cm³/mol. The number of anilines is 1. The van der Waals surface area contributed by atoms with Crippen LogP contribution in [0.15, 0.2) is 69.6 Å². The second-order valence-corrected chi connectivity index (χ2v) is 10.3. The number of ether oxygens (including phenoxy) is 1. The number of thiazole rings is 1. The Balaban J connectivity index is 1.78. The first-order chi connectivity index (χ1) is 17.9. The van der Waals surface area contributed by atoms with Crippen molar-refractivity contribution in [2.75, 3.05) is 18.1 Å². The fourth-order valence-corrected chi connectivity index (χ4v) is 6.10. The molecule has 1 amide bonds. The number of para-hydroxylation sites is 1. The van der Waals surface area contributed by atoms with Crippen LogP contribution in [0, 0.1) is 0 Å². The predicted octanol–water partition coefficient (Wildman–Crippen LogP) is 3.97. The van der Waals surface area contributed by atoms with E-state index in [2.05, 4.69) is 11.9 Å². The van der Waals surface area contributed by atoms with Gasteiger partial charge in [-0.1, -0.05) is 66.6 Å². The van der Waals surface area contributed by atoms with Gasteiger partial charge in [0.1, 0.15) is 4.53 Å². The van der Waals surface area contributed by atoms with Gasteiger partial charge in [0.05, 0.1) is 35.2 Å². The van der Waals surface area contributed by atoms with Crippen molar-refractivity contribution in [1.29, 1.82) is 0 Å². The zero-order valence-electron chi connectivity index (χ0n) is 20.8. The van der Waals surface area contributed by atoms with E-state index in [0.29, 0.717) is 37.7 Å². The molecule has 0 aliphatic carbocycles. The third-order valence-corrected chi connectivity index (χ3v) is 7.87. The van der Waals surface area contributed by atoms with Gasteiger partial charge in [-0.3, -0.25) is 14.2 Å². The third-order valence-electron chi connectivity index (χ3n) is 6.56. The van der Waals surface area contributed by atoms with E-state index >= 15 is 0 Å². The van der Waals surface area contributed by atoms with Crippen LogP contribution in [-0.2, 0) is 14.3 Å². The summed E-state index contributed by atoms with van der Waals surface area (Å²) in [6.07, 6.45) is 1.80. The summed E-state index contributed by atoms with van der Waals surface area (Å²) in [5, 5.41) is 0.539. The lowest BCUT2D eigenvalue weighted by Gasteiger charge is -2.24. The number of halogens is 1. The maximum atomic E-state index is 14.1. The molecule has 0 bridgehead atoms. The van der Waals surface area contributed by atoms with Crippen LogP contribution in [0.5, 0.6) is 0 Å². The molecule has 1 aromatic heterocycles. The largest absolute Gasteiger partial charge is 0.463 e. The highest BCUT2D eigenvalue weighted by Crippen LogP contribution is 2.36. The Hall–Kier alpha value is -3.49. The molecule has 9 heteroatoms. The van der Waals surface area contributed by atoms with Gasteiger partial charge in [-0.05, 0) is 44.0 Å². The van der Waals surface area contributed by atoms with Crippen LogP contribution in [0.3, 0.4) is 0 Å². The topological polar surface area (TPSA) is 81.0 Å². The molecular weight excluding hydrogens is 510 g/mol. The lowest BCUT2D eigenvalue weighted by molar-refractivity contribution is -0.139. The Bertz CT molecular complexity index is 1620. The van der Waals surface area contributed by atoms with Gasteiger partial charge < -0.3 is 9.64 Å². The highest BCUT2D eigenvalue weighted by molar-refractivity contribution is 7.07. The molecule has 1 atom stereocenters. The Morgan fingerprint density at radius 1 is 1.11 bits per heavy atom. The maximum Gasteiger partial charge on any atom is 0.338 e. The average Bonchev–Trinajstić information content (AvgIpc) is 3.34. The van der Waals surface area contributed by atoms with Crippen molar-refractivity contribution in [2.24, 2.45) is 4.99 Å². The first-order valence-electron chi connectivity index (χ1n) is 12.3. The number of allylic oxidation sites excluding steroid dienone is 1. The van der Waals surface area contributed by atoms with E-state index in [-0.39, 0.29) is 23.6 Å². The summed E-state index contributed by atoms with van der Waals surface area (Å²) in [4.78, 5) is 47.6. The van der Waals surface area contributed by atoms with E-state index in [9.17, 15) is 14.4 Å². The van der Waals surface area contributed by atoms with Crippen LogP contribution >= 0.6 is 22.9 Å². The van der Waals surface area contributed by atoms with Crippen molar-refractivity contribution in [3.05, 3.63) is 95.6 Å². The molecule has 2 aliphatic heterocycles. The maximum absolute atomic E-state index is 14.1. The number of aromatic nitrogens is 1. The number of carbonyl (C=O) groups excluding carboxylic acids is 2. The minimum atomic E-state index is -0.759. The minimum Gasteiger partial charge on any atom is -0.463 e. The summed E-state index contributed by atoms with van der Waals surface area (Å²) in [5.74, 6) is -0.723. The van der Waals surface area contributed by atoms with Gasteiger partial charge in [-0.2, -0.15) is 0 Å². The van der Waals surface area contributed by atoms with Crippen molar-refractivity contribution >= 4 is 46.1 Å². The fourth-order valence-electron chi connectivity index (χ4n) is 4.84. The molecule has 5 rings (SSSR count). The molecule has 0 spiro atoms. The summed E-state index contributed by atoms with van der Waals surface area (Å²) < 4.78 is 7.16. The molecule has 2 aliphatic rings. The highest BCUT2D eigenvalue weighted by atomic mass is 35.5. The van der Waals surface area contributed by atoms with E-state index in [1.165, 1.54) is 15.9 Å². The second-order valence-electron chi connectivity index (χ2n) is 8.88. The SMILES string of the molecule is CCCCN1C(=O)/C(=c2\sc3n(c2=O)[C@H](c2ccc(Cl)cc2)C(C(=O)OCC)=C(C)N=3)c2ccccc21. The zero-order valence-corrected chi connectivity index (χ0v) is 22.4. The summed E-state index contributed by atoms with van der Waals surface area (Å²) in [7, 11) is 0. The van der Waals surface area contributed by atoms with Crippen LogP contribution in [-0.4, -0.2) is 29.6 Å². The number of fused-ring (bicyclic) bond motifs is 2. The normalized spacial score (nSPS) is 18.0. The van der Waals surface area contributed by atoms with Crippen LogP contribution < -0.4 is 19.8 Å². The van der Waals surface area contributed by atoms with Crippen molar-refractivity contribution < 1.29 is 14.3 Å². The van der Waals surface area contributed by atoms with E-state index in [4.69, 9.17) is 16.3 Å². The molecule has 0 unspecified atom stereocenters. The molecule has 2 aromatic carbocycles. The smallest absolute Gasteiger partial charge is 0.338 e. The number of rotatable bonds is 6. The highest BCUT2D eigenvalue weighted by Gasteiger charge is 2.37. The van der Waals surface area contributed by atoms with Crippen molar-refractivity contribution in [1.82, 2.24) is 4.57 Å². The first kappa shape index (κ1) is 25.2. The van der Waals surface area contributed by atoms with Crippen LogP contribution in [0.4, 0.5) is 5.69 Å². The standard InChI is InChI=1S/C28H26ClN3O4S/c1-4-6-15-31-20-10-8-7-9-19(20)22(25(31)33)24-26(34)32-23(17-11-13-18(29)14-12-17)21(27(35)36-5-2)16(3)30-28(32)37-24/h7-14,23H,4-6,15H2,1-3H3/b24-22-/t23-/m1/s1. The number of benzene rings is 2.